The highest BCUT2D eigenvalue weighted by molar-refractivity contribution is 7.89. The van der Waals surface area contributed by atoms with E-state index in [4.69, 9.17) is 10.4 Å². The van der Waals surface area contributed by atoms with Crippen LogP contribution in [0.2, 0.25) is 0 Å². The molecule has 0 atom stereocenters. The average molecular weight is 319 g/mol. The predicted molar refractivity (Wildman–Crippen MR) is 68.4 cm³/mol. The second kappa shape index (κ2) is 4.68. The lowest BCUT2D eigenvalue weighted by Crippen LogP contribution is -2.14. The van der Waals surface area contributed by atoms with Crippen LogP contribution in [0.15, 0.2) is 40.1 Å². The van der Waals surface area contributed by atoms with E-state index in [0.717, 1.165) is 6.07 Å². The Morgan fingerprint density at radius 1 is 0.950 bits per heavy atom. The van der Waals surface area contributed by atoms with Gasteiger partial charge in [-0.25, -0.2) is 0 Å². The Bertz CT molecular complexity index is 887. The van der Waals surface area contributed by atoms with Crippen molar-refractivity contribution in [3.05, 3.63) is 30.3 Å². The van der Waals surface area contributed by atoms with Gasteiger partial charge in [-0.05, 0) is 11.5 Å². The summed E-state index contributed by atoms with van der Waals surface area (Å²) < 4.78 is 64.1. The largest absolute Gasteiger partial charge is 0.410 e. The molecule has 0 unspecified atom stereocenters. The zero-order chi connectivity index (χ0) is 15.1. The van der Waals surface area contributed by atoms with Gasteiger partial charge in [0.15, 0.2) is 10.6 Å². The Balaban J connectivity index is 3.18. The summed E-state index contributed by atoms with van der Waals surface area (Å²) in [6, 6.07) is 6.86. The summed E-state index contributed by atoms with van der Waals surface area (Å²) in [6.45, 7) is 0. The molecular weight excluding hydrogens is 310 g/mol. The number of nitrogens with two attached hydrogens (primary N) is 1. The zero-order valence-electron chi connectivity index (χ0n) is 9.72. The van der Waals surface area contributed by atoms with Gasteiger partial charge in [-0.1, -0.05) is 24.3 Å². The summed E-state index contributed by atoms with van der Waals surface area (Å²) >= 11 is 0. The fourth-order valence-electron chi connectivity index (χ4n) is 1.86. The maximum Gasteiger partial charge on any atom is 0.299 e. The van der Waals surface area contributed by atoms with Crippen molar-refractivity contribution in [3.8, 4) is 5.75 Å². The first-order valence-electron chi connectivity index (χ1n) is 5.03. The molecule has 0 aliphatic heterocycles. The summed E-state index contributed by atoms with van der Waals surface area (Å²) in [6.07, 6.45) is 0. The van der Waals surface area contributed by atoms with Gasteiger partial charge in [-0.2, -0.15) is 22.7 Å². The van der Waals surface area contributed by atoms with Crippen LogP contribution in [0.1, 0.15) is 0 Å². The summed E-state index contributed by atoms with van der Waals surface area (Å²) in [4.78, 5) is 2.20. The molecular formula is C10H9NO7S2. The molecule has 20 heavy (non-hydrogen) atoms. The Hall–Kier alpha value is -1.72. The molecule has 108 valence electrons. The molecule has 0 aliphatic carbocycles. The van der Waals surface area contributed by atoms with Crippen LogP contribution < -0.4 is 10.7 Å². The third-order valence-corrected chi connectivity index (χ3v) is 4.56. The van der Waals surface area contributed by atoms with Crippen LogP contribution >= 0.6 is 0 Å². The maximum absolute atomic E-state index is 11.5. The third kappa shape index (κ3) is 2.46. The van der Waals surface area contributed by atoms with E-state index >= 15 is 0 Å². The highest BCUT2D eigenvalue weighted by atomic mass is 32.2. The van der Waals surface area contributed by atoms with Crippen LogP contribution in [0.4, 0.5) is 0 Å². The Morgan fingerprint density at radius 2 is 1.50 bits per heavy atom. The van der Waals surface area contributed by atoms with E-state index in [1.54, 1.807) is 6.07 Å². The van der Waals surface area contributed by atoms with Crippen molar-refractivity contribution in [2.24, 2.45) is 5.90 Å². The van der Waals surface area contributed by atoms with Gasteiger partial charge in [0.05, 0.1) is 0 Å². The summed E-state index contributed by atoms with van der Waals surface area (Å²) in [5.41, 5.74) is 0. The molecule has 8 nitrogen and oxygen atoms in total. The van der Waals surface area contributed by atoms with E-state index < -0.39 is 35.8 Å². The second-order valence-electron chi connectivity index (χ2n) is 3.82. The molecule has 2 rings (SSSR count). The Labute approximate surface area is 114 Å². The summed E-state index contributed by atoms with van der Waals surface area (Å²) in [5, 5.41) is 0.163. The van der Waals surface area contributed by atoms with Crippen LogP contribution in [0.5, 0.6) is 5.75 Å². The first-order valence-corrected chi connectivity index (χ1v) is 7.91. The molecule has 0 bridgehead atoms. The van der Waals surface area contributed by atoms with E-state index in [2.05, 4.69) is 4.84 Å². The lowest BCUT2D eigenvalue weighted by atomic mass is 10.1. The predicted octanol–water partition coefficient (Wildman–Crippen LogP) is 0.586. The van der Waals surface area contributed by atoms with E-state index in [0.29, 0.717) is 0 Å². The minimum atomic E-state index is -5.00. The van der Waals surface area contributed by atoms with Crippen LogP contribution in [0.3, 0.4) is 0 Å². The van der Waals surface area contributed by atoms with Gasteiger partial charge in [0.2, 0.25) is 0 Å². The van der Waals surface area contributed by atoms with E-state index in [1.807, 2.05) is 0 Å². The quantitative estimate of drug-likeness (QED) is 0.550. The van der Waals surface area contributed by atoms with Gasteiger partial charge < -0.3 is 4.84 Å². The van der Waals surface area contributed by atoms with Crippen LogP contribution in [0, 0.1) is 0 Å². The molecule has 2 aromatic carbocycles. The molecule has 0 heterocycles. The summed E-state index contributed by atoms with van der Waals surface area (Å²) in [7, 11) is -9.95. The Morgan fingerprint density at radius 3 is 2.00 bits per heavy atom. The van der Waals surface area contributed by atoms with Crippen molar-refractivity contribution in [2.45, 2.75) is 9.79 Å². The normalized spacial score (nSPS) is 12.6. The summed E-state index contributed by atoms with van der Waals surface area (Å²) in [5.74, 6) is 4.30. The molecule has 0 amide bonds. The molecule has 0 spiro atoms. The first-order chi connectivity index (χ1) is 9.16. The number of fused-ring (bicyclic) bond motifs is 1. The maximum atomic E-state index is 11.5. The lowest BCUT2D eigenvalue weighted by Gasteiger charge is -2.12. The van der Waals surface area contributed by atoms with Crippen molar-refractivity contribution >= 4 is 31.0 Å². The smallest absolute Gasteiger partial charge is 0.299 e. The van der Waals surface area contributed by atoms with Crippen molar-refractivity contribution in [1.29, 1.82) is 0 Å². The third-order valence-electron chi connectivity index (χ3n) is 2.56. The van der Waals surface area contributed by atoms with Gasteiger partial charge >= 0.3 is 0 Å². The molecule has 4 N–H and O–H groups in total. The van der Waals surface area contributed by atoms with Gasteiger partial charge in [0.1, 0.15) is 4.90 Å². The van der Waals surface area contributed by atoms with E-state index in [-0.39, 0.29) is 10.8 Å². The van der Waals surface area contributed by atoms with Crippen molar-refractivity contribution in [3.63, 3.8) is 0 Å². The zero-order valence-corrected chi connectivity index (χ0v) is 11.3. The molecule has 0 aliphatic rings. The highest BCUT2D eigenvalue weighted by Gasteiger charge is 2.31. The van der Waals surface area contributed by atoms with Gasteiger partial charge in [-0.15, -0.1) is 0 Å². The fraction of sp³-hybridized carbons (Fsp3) is 0. The second-order valence-corrected chi connectivity index (χ2v) is 6.54. The van der Waals surface area contributed by atoms with E-state index in [1.165, 1.54) is 18.2 Å². The lowest BCUT2D eigenvalue weighted by molar-refractivity contribution is 0.321. The van der Waals surface area contributed by atoms with Gasteiger partial charge in [0.25, 0.3) is 20.2 Å². The molecule has 0 radical (unpaired) electrons. The molecule has 0 saturated carbocycles. The number of rotatable bonds is 3. The minimum absolute atomic E-state index is 0.0941. The number of hydrogen-bond acceptors (Lipinski definition) is 6. The average Bonchev–Trinajstić information content (AvgIpc) is 2.34. The van der Waals surface area contributed by atoms with Gasteiger partial charge in [-0.3, -0.25) is 9.11 Å². The highest BCUT2D eigenvalue weighted by Crippen LogP contribution is 2.36. The minimum Gasteiger partial charge on any atom is -0.410 e. The monoisotopic (exact) mass is 319 g/mol. The van der Waals surface area contributed by atoms with Crippen LogP contribution in [0.25, 0.3) is 10.8 Å². The fourth-order valence-corrected chi connectivity index (χ4v) is 3.99. The van der Waals surface area contributed by atoms with Crippen LogP contribution in [-0.2, 0) is 20.2 Å². The standard InChI is InChI=1S/C10H9NO7S2/c11-18-8-5-6-3-1-2-4-7(6)9(19(12,13)14)10(8)20(15,16)17/h1-5H,11H2,(H,12,13,14)(H,15,16,17). The Kier molecular flexibility index (Phi) is 3.44. The number of hydrogen-bond donors (Lipinski definition) is 3. The van der Waals surface area contributed by atoms with Gasteiger partial charge in [0, 0.05) is 5.39 Å². The van der Waals surface area contributed by atoms with Crippen LogP contribution in [-0.4, -0.2) is 25.9 Å². The topological polar surface area (TPSA) is 144 Å². The van der Waals surface area contributed by atoms with Crippen molar-refractivity contribution < 1.29 is 30.8 Å². The molecule has 0 saturated heterocycles. The first kappa shape index (κ1) is 14.7. The molecule has 10 heteroatoms. The number of benzene rings is 2. The molecule has 0 aromatic heterocycles. The van der Waals surface area contributed by atoms with E-state index in [9.17, 15) is 21.4 Å². The molecule has 0 fully saturated rings. The SMILES string of the molecule is NOc1cc2ccccc2c(S(=O)(=O)O)c1S(=O)(=O)O. The van der Waals surface area contributed by atoms with Crippen molar-refractivity contribution in [1.82, 2.24) is 0 Å². The van der Waals surface area contributed by atoms with Crippen molar-refractivity contribution in [2.75, 3.05) is 0 Å². The molecule has 2 aromatic rings.